The van der Waals surface area contributed by atoms with Crippen LogP contribution in [0, 0.1) is 5.92 Å². The van der Waals surface area contributed by atoms with Crippen LogP contribution in [0.25, 0.3) is 0 Å². The molecule has 1 aromatic rings. The van der Waals surface area contributed by atoms with Gasteiger partial charge in [-0.15, -0.1) is 0 Å². The van der Waals surface area contributed by atoms with Crippen LogP contribution in [0.3, 0.4) is 0 Å². The Kier molecular flexibility index (Phi) is 2.96. The highest BCUT2D eigenvalue weighted by Crippen LogP contribution is 2.28. The molecule has 1 amide bonds. The van der Waals surface area contributed by atoms with E-state index in [-0.39, 0.29) is 17.6 Å². The molecule has 2 rings (SSSR count). The number of hydrogen-bond acceptors (Lipinski definition) is 4. The van der Waals surface area contributed by atoms with Crippen LogP contribution in [-0.4, -0.2) is 31.2 Å². The fraction of sp³-hybridized carbons (Fsp3) is 0.364. The monoisotopic (exact) mass is 222 g/mol. The summed E-state index contributed by atoms with van der Waals surface area (Å²) in [7, 11) is 1.54. The van der Waals surface area contributed by atoms with Crippen molar-refractivity contribution in [1.29, 1.82) is 0 Å². The average molecular weight is 222 g/mol. The van der Waals surface area contributed by atoms with E-state index in [0.29, 0.717) is 24.5 Å². The Bertz CT molecular complexity index is 402. The molecule has 5 heteroatoms. The first kappa shape index (κ1) is 10.8. The summed E-state index contributed by atoms with van der Waals surface area (Å²) in [6, 6.07) is 4.72. The zero-order valence-electron chi connectivity index (χ0n) is 8.99. The van der Waals surface area contributed by atoms with E-state index in [1.807, 2.05) is 0 Å². The van der Waals surface area contributed by atoms with Crippen LogP contribution in [0.1, 0.15) is 0 Å². The van der Waals surface area contributed by atoms with E-state index in [2.05, 4.69) is 10.6 Å². The molecule has 1 saturated heterocycles. The quantitative estimate of drug-likeness (QED) is 0.653. The minimum Gasteiger partial charge on any atom is -0.506 e. The zero-order valence-corrected chi connectivity index (χ0v) is 8.99. The molecule has 1 aromatic carbocycles. The first-order valence-electron chi connectivity index (χ1n) is 5.09. The first-order chi connectivity index (χ1) is 7.70. The number of aromatic hydroxyl groups is 1. The van der Waals surface area contributed by atoms with Gasteiger partial charge in [0.25, 0.3) is 0 Å². The number of hydrogen-bond donors (Lipinski definition) is 3. The van der Waals surface area contributed by atoms with Gasteiger partial charge in [-0.2, -0.15) is 0 Å². The lowest BCUT2D eigenvalue weighted by molar-refractivity contribution is -0.121. The molecule has 0 aliphatic carbocycles. The maximum Gasteiger partial charge on any atom is 0.230 e. The molecule has 0 saturated carbocycles. The normalized spacial score (nSPS) is 15.3. The number of phenols is 1. The van der Waals surface area contributed by atoms with Crippen LogP contribution >= 0.6 is 0 Å². The van der Waals surface area contributed by atoms with Gasteiger partial charge in [0.05, 0.1) is 18.7 Å². The Morgan fingerprint density at radius 1 is 1.56 bits per heavy atom. The zero-order chi connectivity index (χ0) is 11.5. The molecule has 0 radical (unpaired) electrons. The van der Waals surface area contributed by atoms with Gasteiger partial charge in [0, 0.05) is 19.2 Å². The number of benzene rings is 1. The lowest BCUT2D eigenvalue weighted by atomic mass is 10.0. The Morgan fingerprint density at radius 3 is 2.88 bits per heavy atom. The van der Waals surface area contributed by atoms with Crippen molar-refractivity contribution in [3.05, 3.63) is 18.2 Å². The van der Waals surface area contributed by atoms with Crippen molar-refractivity contribution >= 4 is 11.6 Å². The summed E-state index contributed by atoms with van der Waals surface area (Å²) in [5, 5.41) is 15.3. The van der Waals surface area contributed by atoms with E-state index in [0.717, 1.165) is 0 Å². The molecular weight excluding hydrogens is 208 g/mol. The molecule has 1 aliphatic heterocycles. The predicted molar refractivity (Wildman–Crippen MR) is 59.6 cm³/mol. The molecule has 1 fully saturated rings. The molecular formula is C11H14N2O3. The number of phenolic OH excluding ortho intramolecular Hbond substituents is 1. The smallest absolute Gasteiger partial charge is 0.230 e. The topological polar surface area (TPSA) is 70.6 Å². The first-order valence-corrected chi connectivity index (χ1v) is 5.09. The Balaban J connectivity index is 2.09. The molecule has 1 aliphatic rings. The summed E-state index contributed by atoms with van der Waals surface area (Å²) < 4.78 is 5.02. The summed E-state index contributed by atoms with van der Waals surface area (Å²) in [5.41, 5.74) is 0.385. The standard InChI is InChI=1S/C11H14N2O3/c1-16-8-2-3-10(14)9(4-8)13-11(15)7-5-12-6-7/h2-4,7,12,14H,5-6H2,1H3,(H,13,15). The Morgan fingerprint density at radius 2 is 2.31 bits per heavy atom. The summed E-state index contributed by atoms with van der Waals surface area (Å²) in [5.74, 6) is 0.550. The second kappa shape index (κ2) is 4.40. The molecule has 5 nitrogen and oxygen atoms in total. The number of methoxy groups -OCH3 is 1. The molecule has 0 atom stereocenters. The van der Waals surface area contributed by atoms with Crippen LogP contribution in [-0.2, 0) is 4.79 Å². The third kappa shape index (κ3) is 2.09. The van der Waals surface area contributed by atoms with Crippen LogP contribution in [0.5, 0.6) is 11.5 Å². The number of amides is 1. The minimum absolute atomic E-state index is 0.00870. The average Bonchev–Trinajstić information content (AvgIpc) is 2.18. The molecule has 3 N–H and O–H groups in total. The second-order valence-corrected chi connectivity index (χ2v) is 3.73. The van der Waals surface area contributed by atoms with Gasteiger partial charge in [-0.05, 0) is 12.1 Å². The van der Waals surface area contributed by atoms with E-state index in [9.17, 15) is 9.90 Å². The van der Waals surface area contributed by atoms with Crippen molar-refractivity contribution in [3.63, 3.8) is 0 Å². The van der Waals surface area contributed by atoms with Crippen molar-refractivity contribution in [3.8, 4) is 11.5 Å². The highest BCUT2D eigenvalue weighted by Gasteiger charge is 2.25. The van der Waals surface area contributed by atoms with Gasteiger partial charge in [0.1, 0.15) is 11.5 Å². The molecule has 0 bridgehead atoms. The van der Waals surface area contributed by atoms with E-state index < -0.39 is 0 Å². The summed E-state index contributed by atoms with van der Waals surface area (Å²) >= 11 is 0. The van der Waals surface area contributed by atoms with E-state index in [1.165, 1.54) is 13.2 Å². The largest absolute Gasteiger partial charge is 0.506 e. The number of rotatable bonds is 3. The minimum atomic E-state index is -0.0812. The second-order valence-electron chi connectivity index (χ2n) is 3.73. The third-order valence-electron chi connectivity index (χ3n) is 2.61. The number of nitrogens with one attached hydrogen (secondary N) is 2. The van der Waals surface area contributed by atoms with E-state index in [1.54, 1.807) is 12.1 Å². The SMILES string of the molecule is COc1ccc(O)c(NC(=O)C2CNC2)c1. The van der Waals surface area contributed by atoms with Gasteiger partial charge in [-0.25, -0.2) is 0 Å². The fourth-order valence-corrected chi connectivity index (χ4v) is 1.45. The maximum atomic E-state index is 11.6. The van der Waals surface area contributed by atoms with Gasteiger partial charge >= 0.3 is 0 Å². The van der Waals surface area contributed by atoms with Crippen molar-refractivity contribution < 1.29 is 14.6 Å². The number of ether oxygens (including phenoxy) is 1. The summed E-state index contributed by atoms with van der Waals surface area (Å²) in [6.45, 7) is 1.38. The molecule has 0 unspecified atom stereocenters. The number of carbonyl (C=O) groups is 1. The van der Waals surface area contributed by atoms with Gasteiger partial charge in [-0.1, -0.05) is 0 Å². The fourth-order valence-electron chi connectivity index (χ4n) is 1.45. The van der Waals surface area contributed by atoms with Crippen molar-refractivity contribution in [2.75, 3.05) is 25.5 Å². The van der Waals surface area contributed by atoms with Gasteiger partial charge in [0.2, 0.25) is 5.91 Å². The van der Waals surface area contributed by atoms with Gasteiger partial charge in [0.15, 0.2) is 0 Å². The van der Waals surface area contributed by atoms with Crippen LogP contribution in [0.4, 0.5) is 5.69 Å². The third-order valence-corrected chi connectivity index (χ3v) is 2.61. The lowest BCUT2D eigenvalue weighted by Crippen LogP contribution is -2.48. The van der Waals surface area contributed by atoms with Crippen molar-refractivity contribution in [2.24, 2.45) is 5.92 Å². The molecule has 1 heterocycles. The molecule has 16 heavy (non-hydrogen) atoms. The van der Waals surface area contributed by atoms with Crippen LogP contribution < -0.4 is 15.4 Å². The molecule has 0 aromatic heterocycles. The van der Waals surface area contributed by atoms with E-state index >= 15 is 0 Å². The van der Waals surface area contributed by atoms with Gasteiger partial charge in [-0.3, -0.25) is 4.79 Å². The predicted octanol–water partition coefficient (Wildman–Crippen LogP) is 0.559. The van der Waals surface area contributed by atoms with Crippen molar-refractivity contribution in [1.82, 2.24) is 5.32 Å². The van der Waals surface area contributed by atoms with E-state index in [4.69, 9.17) is 4.74 Å². The van der Waals surface area contributed by atoms with Crippen LogP contribution in [0.15, 0.2) is 18.2 Å². The summed E-state index contributed by atoms with van der Waals surface area (Å²) in [6.07, 6.45) is 0. The molecule has 86 valence electrons. The summed E-state index contributed by atoms with van der Waals surface area (Å²) in [4.78, 5) is 11.6. The maximum absolute atomic E-state index is 11.6. The number of anilines is 1. The van der Waals surface area contributed by atoms with Crippen LogP contribution in [0.2, 0.25) is 0 Å². The van der Waals surface area contributed by atoms with Gasteiger partial charge < -0.3 is 20.5 Å². The highest BCUT2D eigenvalue weighted by atomic mass is 16.5. The Labute approximate surface area is 93.4 Å². The Hall–Kier alpha value is -1.75. The lowest BCUT2D eigenvalue weighted by Gasteiger charge is -2.25. The molecule has 0 spiro atoms. The van der Waals surface area contributed by atoms with Crippen molar-refractivity contribution in [2.45, 2.75) is 0 Å². The number of carbonyl (C=O) groups excluding carboxylic acids is 1. The highest BCUT2D eigenvalue weighted by molar-refractivity contribution is 5.94.